The Morgan fingerprint density at radius 3 is 2.00 bits per heavy atom. The van der Waals surface area contributed by atoms with E-state index in [-0.39, 0.29) is 12.1 Å². The van der Waals surface area contributed by atoms with Crippen molar-refractivity contribution < 1.29 is 31.4 Å². The molecule has 5 rings (SSSR count). The van der Waals surface area contributed by atoms with Gasteiger partial charge in [0, 0.05) is 38.3 Å². The largest absolute Gasteiger partial charge is 0.495 e. The Kier molecular flexibility index (Phi) is 7.76. The minimum Gasteiger partial charge on any atom is -0.495 e. The van der Waals surface area contributed by atoms with Crippen LogP contribution in [0.3, 0.4) is 0 Å². The molecule has 0 amide bonds. The Balaban J connectivity index is 1.10. The topological polar surface area (TPSA) is 28.2 Å². The molecule has 0 aliphatic carbocycles. The highest BCUT2D eigenvalue weighted by Crippen LogP contribution is 2.39. The maximum atomic E-state index is 14.1. The van der Waals surface area contributed by atoms with Crippen molar-refractivity contribution in [1.29, 1.82) is 0 Å². The number of para-hydroxylation sites is 2. The summed E-state index contributed by atoms with van der Waals surface area (Å²) in [6, 6.07) is 8.44. The van der Waals surface area contributed by atoms with Crippen LogP contribution in [0, 0.1) is 29.1 Å². The Labute approximate surface area is 213 Å². The maximum Gasteiger partial charge on any atom is 0.207 e. The highest BCUT2D eigenvalue weighted by Gasteiger charge is 2.42. The van der Waals surface area contributed by atoms with Gasteiger partial charge in [-0.25, -0.2) is 13.2 Å². The van der Waals surface area contributed by atoms with Gasteiger partial charge in [0.2, 0.25) is 29.1 Å². The van der Waals surface area contributed by atoms with Gasteiger partial charge >= 0.3 is 0 Å². The van der Waals surface area contributed by atoms with Gasteiger partial charge in [-0.3, -0.25) is 9.80 Å². The summed E-state index contributed by atoms with van der Waals surface area (Å²) in [7, 11) is 1.69. The van der Waals surface area contributed by atoms with E-state index in [9.17, 15) is 22.0 Å². The first-order valence-electron chi connectivity index (χ1n) is 12.9. The van der Waals surface area contributed by atoms with Gasteiger partial charge in [-0.05, 0) is 57.3 Å². The van der Waals surface area contributed by atoms with Gasteiger partial charge in [-0.15, -0.1) is 0 Å². The van der Waals surface area contributed by atoms with E-state index < -0.39 is 40.9 Å². The summed E-state index contributed by atoms with van der Waals surface area (Å²) in [5.74, 6) is -10.2. The fourth-order valence-corrected chi connectivity index (χ4v) is 6.12. The molecule has 2 aromatic rings. The summed E-state index contributed by atoms with van der Waals surface area (Å²) in [4.78, 5) is 7.25. The van der Waals surface area contributed by atoms with E-state index in [2.05, 4.69) is 20.8 Å². The van der Waals surface area contributed by atoms with Crippen LogP contribution in [-0.2, 0) is 0 Å². The molecule has 0 unspecified atom stereocenters. The van der Waals surface area contributed by atoms with Crippen molar-refractivity contribution in [2.24, 2.45) is 0 Å². The predicted octanol–water partition coefficient (Wildman–Crippen LogP) is 4.98. The van der Waals surface area contributed by atoms with Crippen molar-refractivity contribution in [2.75, 3.05) is 51.3 Å². The molecule has 10 heteroatoms. The molecule has 202 valence electrons. The van der Waals surface area contributed by atoms with Crippen LogP contribution in [0.5, 0.6) is 11.5 Å². The average Bonchev–Trinajstić information content (AvgIpc) is 3.16. The first-order chi connectivity index (χ1) is 17.9. The SMILES string of the molecule is COc1ccccc1N1CCN(CCCN2[C@@H]3CC[C@H]2C[C@H](Oc2c(F)c(F)c(F)c(F)c2F)C3)CC1. The summed E-state index contributed by atoms with van der Waals surface area (Å²) in [6.07, 6.45) is 3.33. The minimum atomic E-state index is -2.17. The third-order valence-electron chi connectivity index (χ3n) is 7.98. The first-order valence-corrected chi connectivity index (χ1v) is 12.9. The number of methoxy groups -OCH3 is 1. The van der Waals surface area contributed by atoms with E-state index in [1.165, 1.54) is 0 Å². The molecule has 0 N–H and O–H groups in total. The molecule has 37 heavy (non-hydrogen) atoms. The standard InChI is InChI=1S/C27H32F5N3O2/c1-36-21-6-3-2-5-20(21)34-13-11-33(12-14-34)9-4-10-35-17-7-8-18(35)16-19(15-17)37-27-25(31)23(29)22(28)24(30)26(27)32/h2-3,5-6,17-19H,4,7-16H2,1H3/t17-,18+,19-. The number of piperidine rings is 1. The lowest BCUT2D eigenvalue weighted by Gasteiger charge is -2.40. The molecular formula is C27H32F5N3O2. The van der Waals surface area contributed by atoms with Crippen molar-refractivity contribution in [3.05, 3.63) is 53.4 Å². The molecule has 3 saturated heterocycles. The summed E-state index contributed by atoms with van der Waals surface area (Å²) < 4.78 is 79.5. The number of fused-ring (bicyclic) bond motifs is 2. The van der Waals surface area contributed by atoms with Crippen LogP contribution in [-0.4, -0.2) is 74.4 Å². The number of benzene rings is 2. The van der Waals surface area contributed by atoms with E-state index >= 15 is 0 Å². The molecule has 0 aromatic heterocycles. The van der Waals surface area contributed by atoms with Gasteiger partial charge in [0.1, 0.15) is 11.9 Å². The molecule has 3 aliphatic heterocycles. The number of ether oxygens (including phenoxy) is 2. The number of piperazine rings is 1. The zero-order valence-electron chi connectivity index (χ0n) is 20.9. The second kappa shape index (κ2) is 11.0. The molecule has 0 saturated carbocycles. The van der Waals surface area contributed by atoms with Gasteiger partial charge < -0.3 is 14.4 Å². The Morgan fingerprint density at radius 2 is 1.38 bits per heavy atom. The predicted molar refractivity (Wildman–Crippen MR) is 130 cm³/mol. The van der Waals surface area contributed by atoms with E-state index in [0.29, 0.717) is 12.8 Å². The van der Waals surface area contributed by atoms with Crippen molar-refractivity contribution in [2.45, 2.75) is 50.3 Å². The first kappa shape index (κ1) is 26.0. The van der Waals surface area contributed by atoms with Crippen molar-refractivity contribution >= 4 is 5.69 Å². The van der Waals surface area contributed by atoms with Crippen LogP contribution in [0.2, 0.25) is 0 Å². The van der Waals surface area contributed by atoms with Crippen LogP contribution < -0.4 is 14.4 Å². The second-order valence-corrected chi connectivity index (χ2v) is 10.1. The van der Waals surface area contributed by atoms with Crippen LogP contribution in [0.4, 0.5) is 27.6 Å². The summed E-state index contributed by atoms with van der Waals surface area (Å²) >= 11 is 0. The van der Waals surface area contributed by atoms with E-state index in [4.69, 9.17) is 9.47 Å². The lowest BCUT2D eigenvalue weighted by Crippen LogP contribution is -2.49. The van der Waals surface area contributed by atoms with E-state index in [1.54, 1.807) is 7.11 Å². The smallest absolute Gasteiger partial charge is 0.207 e. The van der Waals surface area contributed by atoms with E-state index in [1.807, 2.05) is 18.2 Å². The van der Waals surface area contributed by atoms with Crippen LogP contribution in [0.1, 0.15) is 32.1 Å². The molecule has 3 heterocycles. The number of rotatable bonds is 8. The maximum absolute atomic E-state index is 14.1. The van der Waals surface area contributed by atoms with Crippen molar-refractivity contribution in [3.63, 3.8) is 0 Å². The molecule has 3 aliphatic rings. The van der Waals surface area contributed by atoms with Crippen LogP contribution in [0.15, 0.2) is 24.3 Å². The Morgan fingerprint density at radius 1 is 0.784 bits per heavy atom. The molecule has 0 radical (unpaired) electrons. The molecule has 0 spiro atoms. The Hall–Kier alpha value is -2.59. The molecule has 2 bridgehead atoms. The number of nitrogens with zero attached hydrogens (tertiary/aromatic N) is 3. The van der Waals surface area contributed by atoms with Crippen molar-refractivity contribution in [1.82, 2.24) is 9.80 Å². The second-order valence-electron chi connectivity index (χ2n) is 10.1. The Bertz CT molecular complexity index is 1070. The van der Waals surface area contributed by atoms with E-state index in [0.717, 1.165) is 70.0 Å². The lowest BCUT2D eigenvalue weighted by molar-refractivity contribution is 0.0415. The molecule has 3 fully saturated rings. The summed E-state index contributed by atoms with van der Waals surface area (Å²) in [6.45, 7) is 5.72. The highest BCUT2D eigenvalue weighted by atomic mass is 19.2. The van der Waals surface area contributed by atoms with Crippen molar-refractivity contribution in [3.8, 4) is 11.5 Å². The third kappa shape index (κ3) is 5.23. The zero-order valence-corrected chi connectivity index (χ0v) is 20.9. The number of anilines is 1. The number of halogens is 5. The van der Waals surface area contributed by atoms with Gasteiger partial charge in [0.25, 0.3) is 0 Å². The number of hydrogen-bond donors (Lipinski definition) is 0. The molecule has 2 aromatic carbocycles. The van der Waals surface area contributed by atoms with Gasteiger partial charge in [-0.2, -0.15) is 8.78 Å². The molecule has 5 nitrogen and oxygen atoms in total. The quantitative estimate of drug-likeness (QED) is 0.276. The van der Waals surface area contributed by atoms with Gasteiger partial charge in [-0.1, -0.05) is 12.1 Å². The summed E-state index contributed by atoms with van der Waals surface area (Å²) in [5.41, 5.74) is 1.12. The van der Waals surface area contributed by atoms with Gasteiger partial charge in [0.15, 0.2) is 5.75 Å². The third-order valence-corrected chi connectivity index (χ3v) is 7.98. The van der Waals surface area contributed by atoms with Crippen LogP contribution >= 0.6 is 0 Å². The fraction of sp³-hybridized carbons (Fsp3) is 0.556. The molecular weight excluding hydrogens is 493 g/mol. The minimum absolute atomic E-state index is 0.187. The molecule has 3 atom stereocenters. The number of hydrogen-bond acceptors (Lipinski definition) is 5. The lowest BCUT2D eigenvalue weighted by atomic mass is 9.99. The highest BCUT2D eigenvalue weighted by molar-refractivity contribution is 5.58. The summed E-state index contributed by atoms with van der Waals surface area (Å²) in [5, 5.41) is 0. The zero-order chi connectivity index (χ0) is 26.1. The van der Waals surface area contributed by atoms with Gasteiger partial charge in [0.05, 0.1) is 12.8 Å². The average molecular weight is 526 g/mol. The normalized spacial score (nSPS) is 24.5. The van der Waals surface area contributed by atoms with Crippen LogP contribution in [0.25, 0.3) is 0 Å². The monoisotopic (exact) mass is 525 g/mol. The fourth-order valence-electron chi connectivity index (χ4n) is 6.12.